The van der Waals surface area contributed by atoms with E-state index in [4.69, 9.17) is 37.6 Å². The molecule has 11 heteroatoms. The van der Waals surface area contributed by atoms with Crippen molar-refractivity contribution in [2.24, 2.45) is 5.92 Å². The number of aromatic amines is 1. The summed E-state index contributed by atoms with van der Waals surface area (Å²) >= 11 is 11.0. The van der Waals surface area contributed by atoms with E-state index < -0.39 is 13.8 Å². The highest BCUT2D eigenvalue weighted by Gasteiger charge is 2.36. The zero-order chi connectivity index (χ0) is 19.4. The van der Waals surface area contributed by atoms with Crippen molar-refractivity contribution in [2.75, 3.05) is 13.2 Å². The smallest absolute Gasteiger partial charge is 0.396 e. The fourth-order valence-corrected chi connectivity index (χ4v) is 4.76. The summed E-state index contributed by atoms with van der Waals surface area (Å²) in [6.45, 7) is 0.163. The summed E-state index contributed by atoms with van der Waals surface area (Å²) in [6, 6.07) is 0. The van der Waals surface area contributed by atoms with Gasteiger partial charge in [0.05, 0.1) is 6.10 Å². The number of halogens is 1. The highest BCUT2D eigenvalue weighted by molar-refractivity contribution is 7.71. The van der Waals surface area contributed by atoms with Gasteiger partial charge in [0.2, 0.25) is 0 Å². The van der Waals surface area contributed by atoms with Crippen LogP contribution in [0.3, 0.4) is 0 Å². The second-order valence-electron chi connectivity index (χ2n) is 6.82. The molecule has 2 heterocycles. The molecule has 2 N–H and O–H groups in total. The molecular weight excluding hydrogens is 415 g/mol. The maximum Gasteiger partial charge on any atom is 0.697 e. The number of ether oxygens (including phenoxy) is 1. The minimum Gasteiger partial charge on any atom is -0.396 e. The van der Waals surface area contributed by atoms with Crippen molar-refractivity contribution in [3.8, 4) is 0 Å². The average Bonchev–Trinajstić information content (AvgIpc) is 3.12. The molecule has 27 heavy (non-hydrogen) atoms. The van der Waals surface area contributed by atoms with Crippen LogP contribution in [0.25, 0.3) is 0 Å². The zero-order valence-electron chi connectivity index (χ0n) is 14.7. The van der Waals surface area contributed by atoms with Crippen molar-refractivity contribution in [2.45, 2.75) is 57.0 Å². The molecular formula is C16H23ClN2O6PS+. The van der Waals surface area contributed by atoms with Crippen molar-refractivity contribution in [3.05, 3.63) is 26.3 Å². The number of aliphatic hydroxyl groups is 1. The molecule has 0 bridgehead atoms. The van der Waals surface area contributed by atoms with Gasteiger partial charge in [-0.05, 0) is 37.9 Å². The maximum atomic E-state index is 12.1. The quantitative estimate of drug-likeness (QED) is 0.497. The fraction of sp³-hybridized carbons (Fsp3) is 0.750. The lowest BCUT2D eigenvalue weighted by Crippen LogP contribution is -2.28. The summed E-state index contributed by atoms with van der Waals surface area (Å²) in [7, 11) is -2.27. The van der Waals surface area contributed by atoms with Crippen LogP contribution in [0.5, 0.6) is 0 Å². The van der Waals surface area contributed by atoms with Crippen molar-refractivity contribution in [1.29, 1.82) is 0 Å². The summed E-state index contributed by atoms with van der Waals surface area (Å²) < 4.78 is 30.7. The zero-order valence-corrected chi connectivity index (χ0v) is 17.2. The third-order valence-electron chi connectivity index (χ3n) is 4.98. The Bertz CT molecular complexity index is 787. The van der Waals surface area contributed by atoms with E-state index in [1.807, 2.05) is 0 Å². The molecule has 0 spiro atoms. The summed E-state index contributed by atoms with van der Waals surface area (Å²) in [4.78, 5) is 14.0. The minimum absolute atomic E-state index is 0.0141. The van der Waals surface area contributed by atoms with Crippen LogP contribution in [-0.2, 0) is 18.3 Å². The number of H-pyrrole nitrogens is 1. The Morgan fingerprint density at radius 1 is 1.37 bits per heavy atom. The number of nitrogens with zero attached hydrogens (tertiary/aromatic N) is 1. The largest absolute Gasteiger partial charge is 0.697 e. The van der Waals surface area contributed by atoms with E-state index in [0.29, 0.717) is 12.8 Å². The topological polar surface area (TPSA) is 103 Å². The van der Waals surface area contributed by atoms with Gasteiger partial charge in [-0.25, -0.2) is 0 Å². The summed E-state index contributed by atoms with van der Waals surface area (Å²) in [5.41, 5.74) is -0.436. The third kappa shape index (κ3) is 5.44. The first-order chi connectivity index (χ1) is 13.0. The van der Waals surface area contributed by atoms with Gasteiger partial charge in [0.1, 0.15) is 24.0 Å². The number of hydrogen-bond donors (Lipinski definition) is 2. The first kappa shape index (κ1) is 21.0. The van der Waals surface area contributed by atoms with Gasteiger partial charge < -0.3 is 9.84 Å². The third-order valence-corrected chi connectivity index (χ3v) is 6.37. The molecule has 1 saturated carbocycles. The Balaban J connectivity index is 1.49. The van der Waals surface area contributed by atoms with Crippen LogP contribution in [0.2, 0.25) is 5.02 Å². The van der Waals surface area contributed by atoms with E-state index in [-0.39, 0.29) is 47.4 Å². The summed E-state index contributed by atoms with van der Waals surface area (Å²) in [5.74, 6) is 0.0141. The molecule has 8 nitrogen and oxygen atoms in total. The van der Waals surface area contributed by atoms with Gasteiger partial charge >= 0.3 is 8.25 Å². The van der Waals surface area contributed by atoms with Crippen molar-refractivity contribution in [3.63, 3.8) is 0 Å². The number of nitrogens with one attached hydrogen (secondary N) is 1. The van der Waals surface area contributed by atoms with Gasteiger partial charge in [-0.3, -0.25) is 14.3 Å². The van der Waals surface area contributed by atoms with E-state index in [1.165, 1.54) is 6.20 Å². The molecule has 150 valence electrons. The molecule has 2 fully saturated rings. The second kappa shape index (κ2) is 9.69. The normalized spacial score (nSPS) is 29.0. The molecule has 3 unspecified atom stereocenters. The lowest BCUT2D eigenvalue weighted by atomic mass is 9.87. The number of rotatable bonds is 7. The van der Waals surface area contributed by atoms with Crippen LogP contribution in [0.1, 0.15) is 44.8 Å². The van der Waals surface area contributed by atoms with Gasteiger partial charge in [0.25, 0.3) is 5.56 Å². The molecule has 1 aliphatic heterocycles. The standard InChI is InChI=1S/C16H22ClN2O6PS/c17-12-7-19(16(27)18-15(12)21)14-6-5-11(24-14)9-23-26(22)25-13-4-2-1-3-10(13)8-20/h7,10-11,13-14,20H,1-6,8-9H2/p+1/t10?,11-,13?,14+/m0/s1. The lowest BCUT2D eigenvalue weighted by molar-refractivity contribution is -0.0235. The van der Waals surface area contributed by atoms with E-state index in [2.05, 4.69) is 4.98 Å². The van der Waals surface area contributed by atoms with E-state index in [0.717, 1.165) is 25.7 Å². The summed E-state index contributed by atoms with van der Waals surface area (Å²) in [6.07, 6.45) is 5.67. The van der Waals surface area contributed by atoms with Crippen molar-refractivity contribution < 1.29 is 23.5 Å². The van der Waals surface area contributed by atoms with E-state index >= 15 is 0 Å². The predicted octanol–water partition coefficient (Wildman–Crippen LogP) is 3.48. The van der Waals surface area contributed by atoms with Crippen LogP contribution in [0.4, 0.5) is 0 Å². The Morgan fingerprint density at radius 2 is 2.15 bits per heavy atom. The SMILES string of the molecule is O=c1[nH]c(=S)n([C@H]2CC[C@@H](CO[P+](=O)OC3CCCCC3CO)O2)cc1Cl. The molecule has 1 aromatic rings. The second-order valence-corrected chi connectivity index (χ2v) is 8.53. The first-order valence-electron chi connectivity index (χ1n) is 9.02. The van der Waals surface area contributed by atoms with Crippen LogP contribution < -0.4 is 5.56 Å². The number of aromatic nitrogens is 2. The van der Waals surface area contributed by atoms with E-state index in [9.17, 15) is 14.5 Å². The molecule has 0 amide bonds. The van der Waals surface area contributed by atoms with Gasteiger partial charge in [-0.15, -0.1) is 9.05 Å². The molecule has 0 aromatic carbocycles. The molecule has 5 atom stereocenters. The van der Waals surface area contributed by atoms with Crippen molar-refractivity contribution in [1.82, 2.24) is 9.55 Å². The van der Waals surface area contributed by atoms with Gasteiger partial charge in [0.15, 0.2) is 4.77 Å². The highest BCUT2D eigenvalue weighted by Crippen LogP contribution is 2.37. The number of aliphatic hydroxyl groups excluding tert-OH is 1. The van der Waals surface area contributed by atoms with Crippen LogP contribution >= 0.6 is 32.1 Å². The molecule has 1 aliphatic carbocycles. The highest BCUT2D eigenvalue weighted by atomic mass is 35.5. The monoisotopic (exact) mass is 437 g/mol. The van der Waals surface area contributed by atoms with Crippen molar-refractivity contribution >= 4 is 32.1 Å². The number of hydrogen-bond acceptors (Lipinski definition) is 7. The summed E-state index contributed by atoms with van der Waals surface area (Å²) in [5, 5.41) is 9.43. The lowest BCUT2D eigenvalue weighted by Gasteiger charge is -2.25. The minimum atomic E-state index is -2.27. The Labute approximate surface area is 167 Å². The van der Waals surface area contributed by atoms with Gasteiger partial charge in [0, 0.05) is 23.3 Å². The van der Waals surface area contributed by atoms with Gasteiger partial charge in [-0.1, -0.05) is 24.4 Å². The average molecular weight is 438 g/mol. The van der Waals surface area contributed by atoms with Crippen LogP contribution in [0, 0.1) is 10.7 Å². The first-order valence-corrected chi connectivity index (χ1v) is 10.9. The molecule has 2 aliphatic rings. The van der Waals surface area contributed by atoms with E-state index in [1.54, 1.807) is 4.57 Å². The molecule has 3 rings (SSSR count). The van der Waals surface area contributed by atoms with Crippen LogP contribution in [0.15, 0.2) is 11.0 Å². The Kier molecular flexibility index (Phi) is 7.56. The molecule has 0 radical (unpaired) electrons. The maximum absolute atomic E-state index is 12.1. The Hall–Kier alpha value is -0.670. The van der Waals surface area contributed by atoms with Crippen LogP contribution in [-0.4, -0.2) is 40.1 Å². The Morgan fingerprint density at radius 3 is 2.93 bits per heavy atom. The predicted molar refractivity (Wildman–Crippen MR) is 102 cm³/mol. The molecule has 1 aromatic heterocycles. The fourth-order valence-electron chi connectivity index (χ4n) is 3.49. The molecule has 1 saturated heterocycles. The van der Waals surface area contributed by atoms with Gasteiger partial charge in [-0.2, -0.15) is 0 Å².